The fourth-order valence-electron chi connectivity index (χ4n) is 1.51. The normalized spacial score (nSPS) is 18.7. The van der Waals surface area contributed by atoms with Crippen molar-refractivity contribution in [3.8, 4) is 0 Å². The van der Waals surface area contributed by atoms with Gasteiger partial charge in [0, 0.05) is 11.9 Å². The van der Waals surface area contributed by atoms with Crippen molar-refractivity contribution in [3.63, 3.8) is 0 Å². The van der Waals surface area contributed by atoms with Crippen molar-refractivity contribution >= 4 is 5.97 Å². The quantitative estimate of drug-likeness (QED) is 0.684. The first-order valence-electron chi connectivity index (χ1n) is 4.37. The number of ether oxygens (including phenoxy) is 2. The van der Waals surface area contributed by atoms with Crippen LogP contribution < -0.4 is 0 Å². The monoisotopic (exact) mass is 196 g/mol. The molecule has 0 aliphatic carbocycles. The van der Waals surface area contributed by atoms with E-state index in [1.807, 2.05) is 6.92 Å². The van der Waals surface area contributed by atoms with Gasteiger partial charge < -0.3 is 14.5 Å². The SMILES string of the molecule is COC(=O)C1(c2ncc(C)[nH]2)COC1. The number of carbonyl (C=O) groups is 1. The number of imidazole rings is 1. The number of hydrogen-bond donors (Lipinski definition) is 1. The second-order valence-electron chi connectivity index (χ2n) is 3.48. The molecule has 0 atom stereocenters. The highest BCUT2D eigenvalue weighted by Gasteiger charge is 2.51. The molecule has 1 saturated heterocycles. The maximum Gasteiger partial charge on any atom is 0.324 e. The average molecular weight is 196 g/mol. The fraction of sp³-hybridized carbons (Fsp3) is 0.556. The van der Waals surface area contributed by atoms with Crippen LogP contribution in [0.1, 0.15) is 11.5 Å². The minimum absolute atomic E-state index is 0.293. The number of aryl methyl sites for hydroxylation is 1. The second-order valence-corrected chi connectivity index (χ2v) is 3.48. The summed E-state index contributed by atoms with van der Waals surface area (Å²) in [5, 5.41) is 0. The first-order valence-corrected chi connectivity index (χ1v) is 4.37. The van der Waals surface area contributed by atoms with Crippen LogP contribution in [0, 0.1) is 6.92 Å². The summed E-state index contributed by atoms with van der Waals surface area (Å²) >= 11 is 0. The molecule has 14 heavy (non-hydrogen) atoms. The molecule has 5 heteroatoms. The molecule has 2 heterocycles. The largest absolute Gasteiger partial charge is 0.468 e. The number of hydrogen-bond acceptors (Lipinski definition) is 4. The van der Waals surface area contributed by atoms with E-state index in [1.54, 1.807) is 6.20 Å². The van der Waals surface area contributed by atoms with Crippen LogP contribution in [0.5, 0.6) is 0 Å². The van der Waals surface area contributed by atoms with Gasteiger partial charge >= 0.3 is 5.97 Å². The van der Waals surface area contributed by atoms with Gasteiger partial charge in [-0.15, -0.1) is 0 Å². The van der Waals surface area contributed by atoms with Gasteiger partial charge in [-0.3, -0.25) is 4.79 Å². The molecule has 76 valence electrons. The molecule has 1 fully saturated rings. The minimum atomic E-state index is -0.705. The highest BCUT2D eigenvalue weighted by Crippen LogP contribution is 2.31. The summed E-state index contributed by atoms with van der Waals surface area (Å²) in [6.45, 7) is 2.57. The molecule has 5 nitrogen and oxygen atoms in total. The first kappa shape index (κ1) is 9.21. The summed E-state index contributed by atoms with van der Waals surface area (Å²) in [5.74, 6) is 0.339. The number of carbonyl (C=O) groups excluding carboxylic acids is 1. The molecule has 1 aromatic rings. The van der Waals surface area contributed by atoms with E-state index in [2.05, 4.69) is 9.97 Å². The smallest absolute Gasteiger partial charge is 0.324 e. The zero-order chi connectivity index (χ0) is 10.2. The van der Waals surface area contributed by atoms with Crippen LogP contribution in [-0.4, -0.2) is 36.3 Å². The number of nitrogens with zero attached hydrogens (tertiary/aromatic N) is 1. The maximum atomic E-state index is 11.6. The Hall–Kier alpha value is -1.36. The van der Waals surface area contributed by atoms with E-state index in [4.69, 9.17) is 9.47 Å². The fourth-order valence-corrected chi connectivity index (χ4v) is 1.51. The van der Waals surface area contributed by atoms with Gasteiger partial charge in [-0.2, -0.15) is 0 Å². The highest BCUT2D eigenvalue weighted by molar-refractivity contribution is 5.83. The van der Waals surface area contributed by atoms with Gasteiger partial charge in [-0.05, 0) is 6.92 Å². The Bertz CT molecular complexity index is 355. The number of nitrogens with one attached hydrogen (secondary N) is 1. The van der Waals surface area contributed by atoms with E-state index in [9.17, 15) is 4.79 Å². The van der Waals surface area contributed by atoms with E-state index >= 15 is 0 Å². The number of methoxy groups -OCH3 is 1. The third kappa shape index (κ3) is 1.13. The molecule has 0 unspecified atom stereocenters. The van der Waals surface area contributed by atoms with Gasteiger partial charge in [-0.25, -0.2) is 4.98 Å². The predicted octanol–water partition coefficient (Wildman–Crippen LogP) is 0.159. The van der Waals surface area contributed by atoms with Crippen LogP contribution in [0.25, 0.3) is 0 Å². The maximum absolute atomic E-state index is 11.6. The van der Waals surface area contributed by atoms with E-state index in [0.29, 0.717) is 19.0 Å². The van der Waals surface area contributed by atoms with Crippen molar-refractivity contribution in [1.82, 2.24) is 9.97 Å². The standard InChI is InChI=1S/C9H12N2O3/c1-6-3-10-7(11-6)9(4-14-5-9)8(12)13-2/h3H,4-5H2,1-2H3,(H,10,11). The summed E-state index contributed by atoms with van der Waals surface area (Å²) in [4.78, 5) is 18.7. The first-order chi connectivity index (χ1) is 6.69. The van der Waals surface area contributed by atoms with E-state index in [0.717, 1.165) is 5.69 Å². The molecule has 1 N–H and O–H groups in total. The van der Waals surface area contributed by atoms with E-state index in [-0.39, 0.29) is 5.97 Å². The molecule has 0 aromatic carbocycles. The average Bonchev–Trinajstić information content (AvgIpc) is 2.50. The highest BCUT2D eigenvalue weighted by atomic mass is 16.5. The lowest BCUT2D eigenvalue weighted by molar-refractivity contribution is -0.167. The summed E-state index contributed by atoms with van der Waals surface area (Å²) in [6, 6.07) is 0. The number of H-pyrrole nitrogens is 1. The second kappa shape index (κ2) is 3.09. The molecule has 0 spiro atoms. The lowest BCUT2D eigenvalue weighted by Gasteiger charge is -2.36. The van der Waals surface area contributed by atoms with Crippen molar-refractivity contribution in [2.45, 2.75) is 12.3 Å². The Morgan fingerprint density at radius 3 is 2.79 bits per heavy atom. The van der Waals surface area contributed by atoms with Gasteiger partial charge in [0.1, 0.15) is 5.82 Å². The predicted molar refractivity (Wildman–Crippen MR) is 47.8 cm³/mol. The summed E-state index contributed by atoms with van der Waals surface area (Å²) in [7, 11) is 1.37. The molecule has 1 aliphatic rings. The third-order valence-corrected chi connectivity index (χ3v) is 2.43. The van der Waals surface area contributed by atoms with Crippen molar-refractivity contribution in [3.05, 3.63) is 17.7 Å². The lowest BCUT2D eigenvalue weighted by Crippen LogP contribution is -2.54. The number of aromatic amines is 1. The Balaban J connectivity index is 2.33. The third-order valence-electron chi connectivity index (χ3n) is 2.43. The van der Waals surface area contributed by atoms with Crippen LogP contribution in [-0.2, 0) is 19.7 Å². The van der Waals surface area contributed by atoms with Crippen molar-refractivity contribution in [2.24, 2.45) is 0 Å². The number of esters is 1. The van der Waals surface area contributed by atoms with Crippen LogP contribution >= 0.6 is 0 Å². The molecular formula is C9H12N2O3. The van der Waals surface area contributed by atoms with Crippen molar-refractivity contribution in [2.75, 3.05) is 20.3 Å². The van der Waals surface area contributed by atoms with Gasteiger partial charge in [0.2, 0.25) is 0 Å². The zero-order valence-electron chi connectivity index (χ0n) is 8.16. The molecule has 0 saturated carbocycles. The summed E-state index contributed by atoms with van der Waals surface area (Å²) < 4.78 is 9.81. The lowest BCUT2D eigenvalue weighted by atomic mass is 9.85. The molecule has 0 bridgehead atoms. The molecule has 1 aromatic heterocycles. The molecular weight excluding hydrogens is 184 g/mol. The van der Waals surface area contributed by atoms with Gasteiger partial charge in [0.05, 0.1) is 20.3 Å². The topological polar surface area (TPSA) is 64.2 Å². The molecule has 1 aliphatic heterocycles. The molecule has 2 rings (SSSR count). The molecule has 0 radical (unpaired) electrons. The Kier molecular flexibility index (Phi) is 2.03. The van der Waals surface area contributed by atoms with E-state index < -0.39 is 5.41 Å². The van der Waals surface area contributed by atoms with E-state index in [1.165, 1.54) is 7.11 Å². The zero-order valence-corrected chi connectivity index (χ0v) is 8.16. The van der Waals surface area contributed by atoms with Crippen molar-refractivity contribution in [1.29, 1.82) is 0 Å². The Labute approximate surface area is 81.4 Å². The van der Waals surface area contributed by atoms with Gasteiger partial charge in [0.15, 0.2) is 5.41 Å². The Morgan fingerprint density at radius 2 is 2.43 bits per heavy atom. The number of rotatable bonds is 2. The Morgan fingerprint density at radius 1 is 1.71 bits per heavy atom. The summed E-state index contributed by atoms with van der Waals surface area (Å²) in [6.07, 6.45) is 1.69. The summed E-state index contributed by atoms with van der Waals surface area (Å²) in [5.41, 5.74) is 0.221. The number of aromatic nitrogens is 2. The molecule has 0 amide bonds. The van der Waals surface area contributed by atoms with Gasteiger partial charge in [0.25, 0.3) is 0 Å². The van der Waals surface area contributed by atoms with Crippen LogP contribution in [0.2, 0.25) is 0 Å². The van der Waals surface area contributed by atoms with Crippen LogP contribution in [0.15, 0.2) is 6.20 Å². The van der Waals surface area contributed by atoms with Crippen molar-refractivity contribution < 1.29 is 14.3 Å². The minimum Gasteiger partial charge on any atom is -0.468 e. The van der Waals surface area contributed by atoms with Crippen LogP contribution in [0.4, 0.5) is 0 Å². The van der Waals surface area contributed by atoms with Gasteiger partial charge in [-0.1, -0.05) is 0 Å². The van der Waals surface area contributed by atoms with Crippen LogP contribution in [0.3, 0.4) is 0 Å².